The lowest BCUT2D eigenvalue weighted by Crippen LogP contribution is -2.30. The summed E-state index contributed by atoms with van der Waals surface area (Å²) in [6.07, 6.45) is 7.85. The van der Waals surface area contributed by atoms with Gasteiger partial charge in [0.25, 0.3) is 0 Å². The third-order valence-corrected chi connectivity index (χ3v) is 7.06. The van der Waals surface area contributed by atoms with E-state index in [1.807, 2.05) is 0 Å². The number of ketones is 1. The van der Waals surface area contributed by atoms with Crippen molar-refractivity contribution in [3.8, 4) is 0 Å². The zero-order valence-electron chi connectivity index (χ0n) is 13.8. The minimum absolute atomic E-state index is 0.442. The summed E-state index contributed by atoms with van der Waals surface area (Å²) in [5, 5.41) is 0. The Balaban J connectivity index is 1.74. The summed E-state index contributed by atoms with van der Waals surface area (Å²) in [4.78, 5) is 12.9. The summed E-state index contributed by atoms with van der Waals surface area (Å²) in [5.41, 5.74) is 0. The van der Waals surface area contributed by atoms with Gasteiger partial charge in [-0.25, -0.2) is 0 Å². The Morgan fingerprint density at radius 2 is 1.15 bits per heavy atom. The molecule has 0 radical (unpaired) electrons. The highest BCUT2D eigenvalue weighted by Crippen LogP contribution is 2.55. The molecule has 3 aliphatic carbocycles. The van der Waals surface area contributed by atoms with E-state index >= 15 is 0 Å². The van der Waals surface area contributed by atoms with E-state index in [9.17, 15) is 4.79 Å². The average molecular weight is 276 g/mol. The lowest BCUT2D eigenvalue weighted by atomic mass is 9.66. The van der Waals surface area contributed by atoms with Crippen LogP contribution in [0.3, 0.4) is 0 Å². The largest absolute Gasteiger partial charge is 0.299 e. The fraction of sp³-hybridized carbons (Fsp3) is 0.947. The smallest absolute Gasteiger partial charge is 0.139 e. The zero-order valence-corrected chi connectivity index (χ0v) is 13.8. The monoisotopic (exact) mass is 276 g/mol. The van der Waals surface area contributed by atoms with Crippen LogP contribution in [0.15, 0.2) is 0 Å². The molecule has 3 rings (SSSR count). The van der Waals surface area contributed by atoms with E-state index in [0.29, 0.717) is 17.6 Å². The normalized spacial score (nSPS) is 44.8. The van der Waals surface area contributed by atoms with Crippen molar-refractivity contribution in [1.29, 1.82) is 0 Å². The van der Waals surface area contributed by atoms with Crippen molar-refractivity contribution in [3.05, 3.63) is 0 Å². The molecule has 0 aromatic rings. The first-order valence-electron chi connectivity index (χ1n) is 9.02. The predicted octanol–water partition coefficient (Wildman–Crippen LogP) is 4.95. The second kappa shape index (κ2) is 5.46. The molecule has 6 atom stereocenters. The maximum Gasteiger partial charge on any atom is 0.139 e. The molecule has 0 spiro atoms. The molecule has 0 aromatic carbocycles. The van der Waals surface area contributed by atoms with E-state index in [4.69, 9.17) is 0 Å². The Bertz CT molecular complexity index is 336. The molecule has 0 aliphatic heterocycles. The van der Waals surface area contributed by atoms with E-state index in [1.165, 1.54) is 38.5 Å². The fourth-order valence-electron chi connectivity index (χ4n) is 5.62. The van der Waals surface area contributed by atoms with Crippen LogP contribution in [0.1, 0.15) is 66.2 Å². The Kier molecular flexibility index (Phi) is 3.99. The zero-order chi connectivity index (χ0) is 14.4. The second-order valence-corrected chi connectivity index (χ2v) is 8.58. The quantitative estimate of drug-likeness (QED) is 0.697. The summed E-state index contributed by atoms with van der Waals surface area (Å²) in [7, 11) is 0. The van der Waals surface area contributed by atoms with Crippen LogP contribution in [0.2, 0.25) is 0 Å². The number of hydrogen-bond acceptors (Lipinski definition) is 1. The van der Waals surface area contributed by atoms with Gasteiger partial charge in [-0.2, -0.15) is 0 Å². The fourth-order valence-corrected chi connectivity index (χ4v) is 5.62. The Morgan fingerprint density at radius 1 is 0.750 bits per heavy atom. The molecule has 1 heteroatoms. The highest BCUT2D eigenvalue weighted by Gasteiger charge is 2.53. The molecule has 0 N–H and O–H groups in total. The van der Waals surface area contributed by atoms with Gasteiger partial charge in [-0.15, -0.1) is 0 Å². The number of hydrogen-bond donors (Lipinski definition) is 0. The molecule has 0 saturated heterocycles. The summed E-state index contributed by atoms with van der Waals surface area (Å²) in [6, 6.07) is 0. The van der Waals surface area contributed by atoms with Gasteiger partial charge < -0.3 is 0 Å². The second-order valence-electron chi connectivity index (χ2n) is 8.58. The van der Waals surface area contributed by atoms with Crippen LogP contribution in [0.5, 0.6) is 0 Å². The SMILES string of the molecule is CC(C)C1CCC2C(C1)C(=O)C1CC(C(C)C)CCC12. The van der Waals surface area contributed by atoms with Gasteiger partial charge in [0, 0.05) is 11.8 Å². The molecule has 6 unspecified atom stereocenters. The van der Waals surface area contributed by atoms with Gasteiger partial charge in [0.05, 0.1) is 0 Å². The highest BCUT2D eigenvalue weighted by molar-refractivity contribution is 5.86. The molecule has 0 aromatic heterocycles. The number of carbonyl (C=O) groups is 1. The Labute approximate surface area is 124 Å². The molecule has 20 heavy (non-hydrogen) atoms. The Hall–Kier alpha value is -0.330. The van der Waals surface area contributed by atoms with Gasteiger partial charge in [-0.1, -0.05) is 27.7 Å². The van der Waals surface area contributed by atoms with Crippen LogP contribution < -0.4 is 0 Å². The molecular formula is C19H32O. The van der Waals surface area contributed by atoms with Crippen molar-refractivity contribution in [2.45, 2.75) is 66.2 Å². The third kappa shape index (κ3) is 2.35. The van der Waals surface area contributed by atoms with E-state index in [1.54, 1.807) is 0 Å². The van der Waals surface area contributed by atoms with E-state index in [-0.39, 0.29) is 0 Å². The number of fused-ring (bicyclic) bond motifs is 3. The van der Waals surface area contributed by atoms with Gasteiger partial charge >= 0.3 is 0 Å². The van der Waals surface area contributed by atoms with Gasteiger partial charge in [-0.05, 0) is 74.0 Å². The molecule has 3 saturated carbocycles. The first-order valence-corrected chi connectivity index (χ1v) is 9.02. The molecular weight excluding hydrogens is 244 g/mol. The van der Waals surface area contributed by atoms with Crippen molar-refractivity contribution >= 4 is 5.78 Å². The van der Waals surface area contributed by atoms with E-state index in [0.717, 1.165) is 35.5 Å². The molecule has 0 heterocycles. The topological polar surface area (TPSA) is 17.1 Å². The molecule has 114 valence electrons. The number of Topliss-reactive ketones (excluding diaryl/α,β-unsaturated/α-hetero) is 1. The van der Waals surface area contributed by atoms with Crippen molar-refractivity contribution in [1.82, 2.24) is 0 Å². The number of carbonyl (C=O) groups excluding carboxylic acids is 1. The van der Waals surface area contributed by atoms with Gasteiger partial charge in [0.1, 0.15) is 5.78 Å². The first kappa shape index (κ1) is 14.6. The molecule has 3 aliphatic rings. The predicted molar refractivity (Wildman–Crippen MR) is 83.3 cm³/mol. The Morgan fingerprint density at radius 3 is 1.50 bits per heavy atom. The van der Waals surface area contributed by atoms with Crippen molar-refractivity contribution in [3.63, 3.8) is 0 Å². The van der Waals surface area contributed by atoms with Crippen LogP contribution in [0.4, 0.5) is 0 Å². The van der Waals surface area contributed by atoms with Crippen LogP contribution in [-0.2, 0) is 4.79 Å². The summed E-state index contributed by atoms with van der Waals surface area (Å²) in [5.74, 6) is 6.21. The number of rotatable bonds is 2. The van der Waals surface area contributed by atoms with Crippen LogP contribution in [0.25, 0.3) is 0 Å². The van der Waals surface area contributed by atoms with Crippen LogP contribution >= 0.6 is 0 Å². The lowest BCUT2D eigenvalue weighted by molar-refractivity contribution is -0.126. The first-order chi connectivity index (χ1) is 9.49. The van der Waals surface area contributed by atoms with Gasteiger partial charge in [0.2, 0.25) is 0 Å². The summed E-state index contributed by atoms with van der Waals surface area (Å²) >= 11 is 0. The standard InChI is InChI=1S/C19H32O/c1-11(2)13-5-7-15-16-8-6-14(12(3)4)10-18(16)19(20)17(15)9-13/h11-18H,5-10H2,1-4H3. The molecule has 1 nitrogen and oxygen atoms in total. The van der Waals surface area contributed by atoms with Crippen LogP contribution in [0, 0.1) is 47.3 Å². The van der Waals surface area contributed by atoms with Gasteiger partial charge in [0.15, 0.2) is 0 Å². The average Bonchev–Trinajstić information content (AvgIpc) is 2.71. The summed E-state index contributed by atoms with van der Waals surface area (Å²) in [6.45, 7) is 9.36. The van der Waals surface area contributed by atoms with E-state index in [2.05, 4.69) is 27.7 Å². The molecule has 3 fully saturated rings. The third-order valence-electron chi connectivity index (χ3n) is 7.06. The maximum atomic E-state index is 12.9. The maximum absolute atomic E-state index is 12.9. The van der Waals surface area contributed by atoms with Crippen molar-refractivity contribution in [2.24, 2.45) is 47.3 Å². The van der Waals surface area contributed by atoms with Crippen LogP contribution in [-0.4, -0.2) is 5.78 Å². The molecule has 0 bridgehead atoms. The highest BCUT2D eigenvalue weighted by atomic mass is 16.1. The van der Waals surface area contributed by atoms with E-state index < -0.39 is 0 Å². The lowest BCUT2D eigenvalue weighted by Gasteiger charge is -2.38. The minimum Gasteiger partial charge on any atom is -0.299 e. The molecule has 0 amide bonds. The summed E-state index contributed by atoms with van der Waals surface area (Å²) < 4.78 is 0. The van der Waals surface area contributed by atoms with Crippen molar-refractivity contribution in [2.75, 3.05) is 0 Å². The minimum atomic E-state index is 0.442. The van der Waals surface area contributed by atoms with Gasteiger partial charge in [-0.3, -0.25) is 4.79 Å². The van der Waals surface area contributed by atoms with Crippen molar-refractivity contribution < 1.29 is 4.79 Å².